The van der Waals surface area contributed by atoms with E-state index in [2.05, 4.69) is 104 Å². The summed E-state index contributed by atoms with van der Waals surface area (Å²) in [5.74, 6) is -0.940. The van der Waals surface area contributed by atoms with E-state index < -0.39 is 11.6 Å². The summed E-state index contributed by atoms with van der Waals surface area (Å²) in [4.78, 5) is 36.8. The number of ketones is 2. The van der Waals surface area contributed by atoms with E-state index in [1.54, 1.807) is 0 Å². The first-order valence-corrected chi connectivity index (χ1v) is 44.5. The van der Waals surface area contributed by atoms with Crippen molar-refractivity contribution >= 4 is 55.7 Å². The molecule has 0 radical (unpaired) electrons. The summed E-state index contributed by atoms with van der Waals surface area (Å²) in [7, 11) is 0. The van der Waals surface area contributed by atoms with Gasteiger partial charge in [0.25, 0.3) is 0 Å². The average Bonchev–Trinajstić information content (AvgIpc) is 0.714. The van der Waals surface area contributed by atoms with Crippen LogP contribution in [0.4, 0.5) is 17.1 Å². The van der Waals surface area contributed by atoms with Crippen molar-refractivity contribution < 1.29 is 9.59 Å². The molecule has 6 nitrogen and oxygen atoms in total. The van der Waals surface area contributed by atoms with E-state index in [1.165, 1.54) is 360 Å². The molecule has 7 rings (SSSR count). The number of hydrogen-bond acceptors (Lipinski definition) is 6. The SMILES string of the molecule is CCCCCCCCCCCCCCCCCC1(CCCCCCCCCCCCCCCCC)N=c2c(=C3C(=O)C(c4ccc5cccc6c5c4NC(CCCCCCCCCCCCCCCCC)(CCCCCCCCCCCCCCCCC)N6)C3=O)ccc3cccc(c23)N1. The zero-order chi connectivity index (χ0) is 70.2. The smallest absolute Gasteiger partial charge is 0.182 e. The molecule has 562 valence electrons. The Morgan fingerprint density at radius 3 is 0.930 bits per heavy atom. The third-order valence-corrected chi connectivity index (χ3v) is 23.9. The Bertz CT molecular complexity index is 2870. The Kier molecular flexibility index (Phi) is 42.4. The first-order chi connectivity index (χ1) is 49.4. The molecule has 1 fully saturated rings. The van der Waals surface area contributed by atoms with E-state index in [0.29, 0.717) is 5.57 Å². The summed E-state index contributed by atoms with van der Waals surface area (Å²) in [6.45, 7) is 9.24. The minimum atomic E-state index is -0.840. The quantitative estimate of drug-likeness (QED) is 0.0303. The number of rotatable bonds is 65. The van der Waals surface area contributed by atoms with Crippen molar-refractivity contribution in [2.75, 3.05) is 16.0 Å². The van der Waals surface area contributed by atoms with E-state index >= 15 is 9.59 Å². The highest BCUT2D eigenvalue weighted by Crippen LogP contribution is 2.48. The van der Waals surface area contributed by atoms with Gasteiger partial charge in [0.1, 0.15) is 17.2 Å². The number of benzene rings is 4. The molecule has 0 spiro atoms. The molecule has 0 bridgehead atoms. The Labute approximate surface area is 615 Å². The zero-order valence-corrected chi connectivity index (χ0v) is 65.9. The van der Waals surface area contributed by atoms with Crippen molar-refractivity contribution in [2.24, 2.45) is 4.99 Å². The topological polar surface area (TPSA) is 82.6 Å². The predicted octanol–water partition coefficient (Wildman–Crippen LogP) is 29.4. The van der Waals surface area contributed by atoms with Gasteiger partial charge in [-0.3, -0.25) is 14.6 Å². The molecule has 0 aromatic heterocycles. The minimum Gasteiger partial charge on any atom is -0.362 e. The Hall–Kier alpha value is -4.19. The van der Waals surface area contributed by atoms with Crippen LogP contribution in [0.3, 0.4) is 0 Å². The number of hydrogen-bond donors (Lipinski definition) is 3. The van der Waals surface area contributed by atoms with Crippen molar-refractivity contribution in [3.8, 4) is 0 Å². The van der Waals surface area contributed by atoms with Gasteiger partial charge in [-0.15, -0.1) is 0 Å². The molecule has 100 heavy (non-hydrogen) atoms. The molecule has 4 aromatic rings. The lowest BCUT2D eigenvalue weighted by atomic mass is 9.70. The van der Waals surface area contributed by atoms with Crippen LogP contribution in [0.15, 0.2) is 65.7 Å². The lowest BCUT2D eigenvalue weighted by Crippen LogP contribution is -2.50. The second kappa shape index (κ2) is 51.1. The Morgan fingerprint density at radius 1 is 0.300 bits per heavy atom. The van der Waals surface area contributed by atoms with E-state index in [1.807, 2.05) is 0 Å². The largest absolute Gasteiger partial charge is 0.362 e. The molecule has 3 aliphatic rings. The second-order valence-electron chi connectivity index (χ2n) is 32.7. The first kappa shape index (κ1) is 83.1. The number of carbonyl (C=O) groups is 2. The number of Topliss-reactive ketones (excluding diaryl/α,β-unsaturated/α-hetero) is 2. The van der Waals surface area contributed by atoms with Gasteiger partial charge in [-0.25, -0.2) is 0 Å². The molecular formula is C94H154N4O2. The van der Waals surface area contributed by atoms with Crippen LogP contribution in [-0.2, 0) is 9.59 Å². The molecule has 2 heterocycles. The van der Waals surface area contributed by atoms with Crippen LogP contribution in [0.5, 0.6) is 0 Å². The summed E-state index contributed by atoms with van der Waals surface area (Å²) >= 11 is 0. The van der Waals surface area contributed by atoms with Gasteiger partial charge >= 0.3 is 0 Å². The van der Waals surface area contributed by atoms with Crippen molar-refractivity contribution in [1.82, 2.24) is 0 Å². The van der Waals surface area contributed by atoms with Crippen molar-refractivity contribution in [3.05, 3.63) is 76.8 Å². The van der Waals surface area contributed by atoms with Crippen LogP contribution in [0, 0.1) is 0 Å². The number of nitrogens with one attached hydrogen (secondary N) is 3. The van der Waals surface area contributed by atoms with Gasteiger partial charge in [-0.05, 0) is 79.8 Å². The van der Waals surface area contributed by atoms with Crippen LogP contribution >= 0.6 is 0 Å². The van der Waals surface area contributed by atoms with Crippen LogP contribution in [0.1, 0.15) is 450 Å². The van der Waals surface area contributed by atoms with Gasteiger partial charge in [0, 0.05) is 27.4 Å². The molecule has 2 aliphatic heterocycles. The normalized spacial score (nSPS) is 15.2. The van der Waals surface area contributed by atoms with Crippen LogP contribution < -0.4 is 26.5 Å². The molecule has 0 saturated heterocycles. The lowest BCUT2D eigenvalue weighted by molar-refractivity contribution is -0.129. The third kappa shape index (κ3) is 29.4. The average molecular weight is 1370 g/mol. The fraction of sp³-hybridized carbons (Fsp3) is 0.755. The number of carbonyl (C=O) groups excluding carboxylic acids is 2. The maximum Gasteiger partial charge on any atom is 0.182 e. The summed E-state index contributed by atoms with van der Waals surface area (Å²) in [6.07, 6.45) is 85.0. The molecule has 1 saturated carbocycles. The van der Waals surface area contributed by atoms with Gasteiger partial charge < -0.3 is 16.0 Å². The Morgan fingerprint density at radius 2 is 0.590 bits per heavy atom. The number of anilines is 3. The summed E-state index contributed by atoms with van der Waals surface area (Å²) < 4.78 is 0. The molecule has 3 N–H and O–H groups in total. The Balaban J connectivity index is 1.03. The highest BCUT2D eigenvalue weighted by molar-refractivity contribution is 6.59. The zero-order valence-electron chi connectivity index (χ0n) is 65.9. The third-order valence-electron chi connectivity index (χ3n) is 23.9. The number of nitrogens with zero attached hydrogens (tertiary/aromatic N) is 1. The van der Waals surface area contributed by atoms with E-state index in [-0.39, 0.29) is 17.2 Å². The molecule has 4 aromatic carbocycles. The minimum absolute atomic E-state index is 0.0499. The molecule has 6 heteroatoms. The number of unbranched alkanes of at least 4 members (excludes halogenated alkanes) is 56. The van der Waals surface area contributed by atoms with E-state index in [0.717, 1.165) is 106 Å². The summed E-state index contributed by atoms with van der Waals surface area (Å²) in [6, 6.07) is 21.7. The van der Waals surface area contributed by atoms with E-state index in [9.17, 15) is 0 Å². The molecular weight excluding hydrogens is 1220 g/mol. The second-order valence-corrected chi connectivity index (χ2v) is 32.7. The van der Waals surface area contributed by atoms with Gasteiger partial charge in [-0.1, -0.05) is 436 Å². The summed E-state index contributed by atoms with van der Waals surface area (Å²) in [5, 5.41) is 18.5. The highest BCUT2D eigenvalue weighted by atomic mass is 16.2. The van der Waals surface area contributed by atoms with Gasteiger partial charge in [0.15, 0.2) is 11.6 Å². The fourth-order valence-electron chi connectivity index (χ4n) is 17.6. The van der Waals surface area contributed by atoms with E-state index in [4.69, 9.17) is 4.99 Å². The van der Waals surface area contributed by atoms with Crippen molar-refractivity contribution in [2.45, 2.75) is 456 Å². The molecule has 0 atom stereocenters. The monoisotopic (exact) mass is 1370 g/mol. The maximum atomic E-state index is 15.5. The maximum absolute atomic E-state index is 15.5. The molecule has 0 unspecified atom stereocenters. The van der Waals surface area contributed by atoms with Gasteiger partial charge in [-0.2, -0.15) is 0 Å². The highest BCUT2D eigenvalue weighted by Gasteiger charge is 2.48. The molecule has 1 aliphatic carbocycles. The fourth-order valence-corrected chi connectivity index (χ4v) is 17.6. The van der Waals surface area contributed by atoms with Crippen LogP contribution in [0.2, 0.25) is 0 Å². The summed E-state index contributed by atoms with van der Waals surface area (Å²) in [5.41, 5.74) is 3.59. The standard InChI is InChI=1S/C94H154N4O2/c1-5-9-13-17-21-25-29-33-37-41-45-49-53-57-61-75-93(76-62-58-54-50-46-42-38-34-30-26-22-18-14-10-6-2)95-83-69-65-67-79-71-73-81(89(97-93)85(79)83)87-91(99)88(92(87)100)82-74-72-80-68-66-70-84-86(80)90(82)98-94(96-84,77-63-59-55-51-47-43-39-35-31-27-23-19-15-11-7-3)78-64-60-56-52-48-44-40-36-32-28-24-20-16-12-8-4/h65-74,87,95-97H,5-64,75-78H2,1-4H3. The van der Waals surface area contributed by atoms with Gasteiger partial charge in [0.05, 0.1) is 16.6 Å². The van der Waals surface area contributed by atoms with Crippen LogP contribution in [0.25, 0.3) is 27.1 Å². The lowest BCUT2D eigenvalue weighted by Gasteiger charge is -2.44. The first-order valence-electron chi connectivity index (χ1n) is 44.5. The predicted molar refractivity (Wildman–Crippen MR) is 439 cm³/mol. The molecule has 0 amide bonds. The van der Waals surface area contributed by atoms with Crippen molar-refractivity contribution in [3.63, 3.8) is 0 Å². The van der Waals surface area contributed by atoms with Gasteiger partial charge in [0.2, 0.25) is 0 Å². The van der Waals surface area contributed by atoms with Crippen LogP contribution in [-0.4, -0.2) is 22.9 Å². The van der Waals surface area contributed by atoms with Crippen molar-refractivity contribution in [1.29, 1.82) is 0 Å².